The summed E-state index contributed by atoms with van der Waals surface area (Å²) in [4.78, 5) is 2.40. The topological polar surface area (TPSA) is 29.0 Å². The molecular weight excluding hydrogens is 218 g/mol. The highest BCUT2D eigenvalue weighted by Crippen LogP contribution is 2.31. The van der Waals surface area contributed by atoms with Crippen LogP contribution in [0.25, 0.3) is 0 Å². The Morgan fingerprint density at radius 2 is 2.57 bits per heavy atom. The maximum atomic E-state index is 5.94. The van der Waals surface area contributed by atoms with Gasteiger partial charge < -0.3 is 0 Å². The monoisotopic (exact) mass is 231 g/mol. The molecule has 2 heterocycles. The summed E-state index contributed by atoms with van der Waals surface area (Å²) in [7, 11) is 0. The molecule has 1 fully saturated rings. The lowest BCUT2D eigenvalue weighted by Gasteiger charge is -2.20. The van der Waals surface area contributed by atoms with Crippen LogP contribution in [0.1, 0.15) is 19.0 Å². The largest absolute Gasteiger partial charge is 0.297 e. The van der Waals surface area contributed by atoms with Crippen molar-refractivity contribution >= 4 is 23.3 Å². The lowest BCUT2D eigenvalue weighted by atomic mass is 9.93. The Morgan fingerprint density at radius 3 is 3.14 bits per heavy atom. The molecule has 1 atom stereocenters. The molecular formula is C9H14ClN3S. The number of aromatic nitrogens is 2. The predicted octanol–water partition coefficient (Wildman–Crippen LogP) is 1.99. The van der Waals surface area contributed by atoms with E-state index >= 15 is 0 Å². The number of nitrogens with zero attached hydrogens (tertiary/aromatic N) is 3. The predicted molar refractivity (Wildman–Crippen MR) is 58.6 cm³/mol. The summed E-state index contributed by atoms with van der Waals surface area (Å²) in [6.45, 7) is 5.37. The molecule has 0 aliphatic carbocycles. The van der Waals surface area contributed by atoms with E-state index in [1.807, 2.05) is 6.20 Å². The number of rotatable bonds is 3. The van der Waals surface area contributed by atoms with Gasteiger partial charge in [-0.25, -0.2) is 0 Å². The highest BCUT2D eigenvalue weighted by molar-refractivity contribution is 6.99. The molecule has 1 unspecified atom stereocenters. The second-order valence-corrected chi connectivity index (χ2v) is 5.13. The summed E-state index contributed by atoms with van der Waals surface area (Å²) < 4.78 is 8.21. The van der Waals surface area contributed by atoms with Gasteiger partial charge in [-0.05, 0) is 18.4 Å². The summed E-state index contributed by atoms with van der Waals surface area (Å²) in [5.74, 6) is 0.749. The second-order valence-electron chi connectivity index (χ2n) is 4.30. The third-order valence-electron chi connectivity index (χ3n) is 2.75. The number of alkyl halides is 1. The van der Waals surface area contributed by atoms with E-state index in [2.05, 4.69) is 20.6 Å². The van der Waals surface area contributed by atoms with E-state index in [0.29, 0.717) is 5.41 Å². The fourth-order valence-electron chi connectivity index (χ4n) is 1.85. The summed E-state index contributed by atoms with van der Waals surface area (Å²) in [6.07, 6.45) is 3.04. The van der Waals surface area contributed by atoms with Gasteiger partial charge in [0.25, 0.3) is 0 Å². The molecule has 1 saturated heterocycles. The van der Waals surface area contributed by atoms with Crippen molar-refractivity contribution in [3.05, 3.63) is 11.9 Å². The van der Waals surface area contributed by atoms with Gasteiger partial charge in [-0.1, -0.05) is 6.92 Å². The van der Waals surface area contributed by atoms with Gasteiger partial charge in [0, 0.05) is 19.0 Å². The Balaban J connectivity index is 1.90. The minimum absolute atomic E-state index is 0.297. The van der Waals surface area contributed by atoms with Crippen molar-refractivity contribution in [2.24, 2.45) is 5.41 Å². The van der Waals surface area contributed by atoms with E-state index in [9.17, 15) is 0 Å². The molecule has 1 aromatic rings. The van der Waals surface area contributed by atoms with Crippen LogP contribution in [0.15, 0.2) is 6.20 Å². The maximum Gasteiger partial charge on any atom is 0.0883 e. The highest BCUT2D eigenvalue weighted by atomic mass is 35.5. The van der Waals surface area contributed by atoms with Gasteiger partial charge in [0.05, 0.1) is 23.6 Å². The first kappa shape index (κ1) is 10.3. The smallest absolute Gasteiger partial charge is 0.0883 e. The van der Waals surface area contributed by atoms with Gasteiger partial charge in [-0.2, -0.15) is 8.75 Å². The quantitative estimate of drug-likeness (QED) is 0.746. The summed E-state index contributed by atoms with van der Waals surface area (Å²) >= 11 is 7.22. The fraction of sp³-hybridized carbons (Fsp3) is 0.778. The maximum absolute atomic E-state index is 5.94. The van der Waals surface area contributed by atoms with E-state index in [0.717, 1.165) is 31.2 Å². The zero-order chi connectivity index (χ0) is 10.0. The molecule has 78 valence electrons. The molecule has 0 radical (unpaired) electrons. The minimum Gasteiger partial charge on any atom is -0.297 e. The average Bonchev–Trinajstić information content (AvgIpc) is 2.78. The van der Waals surface area contributed by atoms with Crippen LogP contribution in [0.3, 0.4) is 0 Å². The van der Waals surface area contributed by atoms with Crippen molar-refractivity contribution in [2.75, 3.05) is 19.0 Å². The molecule has 0 spiro atoms. The van der Waals surface area contributed by atoms with Crippen LogP contribution < -0.4 is 0 Å². The zero-order valence-corrected chi connectivity index (χ0v) is 9.81. The Morgan fingerprint density at radius 1 is 1.71 bits per heavy atom. The van der Waals surface area contributed by atoms with E-state index < -0.39 is 0 Å². The first-order chi connectivity index (χ1) is 6.72. The van der Waals surface area contributed by atoms with Crippen LogP contribution in [0.2, 0.25) is 0 Å². The van der Waals surface area contributed by atoms with Gasteiger partial charge in [-0.15, -0.1) is 11.6 Å². The van der Waals surface area contributed by atoms with Gasteiger partial charge in [0.15, 0.2) is 0 Å². The molecule has 0 saturated carbocycles. The molecule has 0 N–H and O–H groups in total. The van der Waals surface area contributed by atoms with E-state index in [1.54, 1.807) is 0 Å². The SMILES string of the molecule is CC1(CCl)CCN(Cc2cnsn2)C1. The third-order valence-corrected chi connectivity index (χ3v) is 3.91. The van der Waals surface area contributed by atoms with E-state index in [-0.39, 0.29) is 0 Å². The first-order valence-corrected chi connectivity index (χ1v) is 6.03. The van der Waals surface area contributed by atoms with Crippen LogP contribution >= 0.6 is 23.3 Å². The molecule has 0 bridgehead atoms. The summed E-state index contributed by atoms with van der Waals surface area (Å²) in [6, 6.07) is 0. The van der Waals surface area contributed by atoms with Crippen LogP contribution in [0.4, 0.5) is 0 Å². The molecule has 0 amide bonds. The molecule has 3 nitrogen and oxygen atoms in total. The highest BCUT2D eigenvalue weighted by Gasteiger charge is 2.32. The van der Waals surface area contributed by atoms with E-state index in [1.165, 1.54) is 18.1 Å². The Kier molecular flexibility index (Phi) is 3.04. The Bertz CT molecular complexity index is 290. The van der Waals surface area contributed by atoms with Gasteiger partial charge in [-0.3, -0.25) is 4.90 Å². The van der Waals surface area contributed by atoms with Crippen LogP contribution in [0, 0.1) is 5.41 Å². The van der Waals surface area contributed by atoms with Crippen molar-refractivity contribution in [1.29, 1.82) is 0 Å². The van der Waals surface area contributed by atoms with Gasteiger partial charge in [0.2, 0.25) is 0 Å². The summed E-state index contributed by atoms with van der Waals surface area (Å²) in [5, 5.41) is 0. The molecule has 5 heteroatoms. The third kappa shape index (κ3) is 2.24. The van der Waals surface area contributed by atoms with Crippen LogP contribution in [-0.4, -0.2) is 32.6 Å². The normalized spacial score (nSPS) is 28.4. The lowest BCUT2D eigenvalue weighted by molar-refractivity contribution is 0.284. The molecule has 1 aliphatic heterocycles. The van der Waals surface area contributed by atoms with Gasteiger partial charge in [0.1, 0.15) is 0 Å². The van der Waals surface area contributed by atoms with Crippen LogP contribution in [-0.2, 0) is 6.54 Å². The number of hydrogen-bond acceptors (Lipinski definition) is 4. The van der Waals surface area contributed by atoms with Crippen molar-refractivity contribution in [3.8, 4) is 0 Å². The first-order valence-electron chi connectivity index (χ1n) is 4.77. The molecule has 0 aromatic carbocycles. The van der Waals surface area contributed by atoms with Crippen molar-refractivity contribution in [2.45, 2.75) is 19.9 Å². The number of hydrogen-bond donors (Lipinski definition) is 0. The standard InChI is InChI=1S/C9H14ClN3S/c1-9(6-10)2-3-13(7-9)5-8-4-11-14-12-8/h4H,2-3,5-7H2,1H3. The molecule has 1 aromatic heterocycles. The molecule has 14 heavy (non-hydrogen) atoms. The Hall–Kier alpha value is -0.190. The molecule has 1 aliphatic rings. The number of likely N-dealkylation sites (tertiary alicyclic amines) is 1. The van der Waals surface area contributed by atoms with Crippen molar-refractivity contribution < 1.29 is 0 Å². The lowest BCUT2D eigenvalue weighted by Crippen LogP contribution is -2.25. The van der Waals surface area contributed by atoms with E-state index in [4.69, 9.17) is 11.6 Å². The number of halogens is 1. The van der Waals surface area contributed by atoms with Crippen molar-refractivity contribution in [3.63, 3.8) is 0 Å². The molecule has 2 rings (SSSR count). The van der Waals surface area contributed by atoms with Crippen LogP contribution in [0.5, 0.6) is 0 Å². The summed E-state index contributed by atoms with van der Waals surface area (Å²) in [5.41, 5.74) is 1.37. The fourth-order valence-corrected chi connectivity index (χ4v) is 2.50. The average molecular weight is 232 g/mol. The second kappa shape index (κ2) is 4.13. The van der Waals surface area contributed by atoms with Crippen molar-refractivity contribution in [1.82, 2.24) is 13.6 Å². The minimum atomic E-state index is 0.297. The zero-order valence-electron chi connectivity index (χ0n) is 8.24. The van der Waals surface area contributed by atoms with Gasteiger partial charge >= 0.3 is 0 Å². The Labute approximate surface area is 93.4 Å².